The third-order valence-electron chi connectivity index (χ3n) is 4.58. The minimum atomic E-state index is -3.46. The highest BCUT2D eigenvalue weighted by Crippen LogP contribution is 2.26. The van der Waals surface area contributed by atoms with Gasteiger partial charge in [0.15, 0.2) is 0 Å². The molecule has 0 radical (unpaired) electrons. The van der Waals surface area contributed by atoms with Crippen LogP contribution >= 0.6 is 0 Å². The van der Waals surface area contributed by atoms with Gasteiger partial charge >= 0.3 is 0 Å². The van der Waals surface area contributed by atoms with Crippen LogP contribution in [0.3, 0.4) is 0 Å². The fraction of sp³-hybridized carbons (Fsp3) is 0.800. The fourth-order valence-corrected chi connectivity index (χ4v) is 3.70. The van der Waals surface area contributed by atoms with Crippen molar-refractivity contribution in [3.63, 3.8) is 0 Å². The number of nitrogens with one attached hydrogen (secondary N) is 1. The lowest BCUT2D eigenvalue weighted by Crippen LogP contribution is -2.39. The molecular formula is C15H26N4O4S. The smallest absolute Gasteiger partial charge is 0.279 e. The van der Waals surface area contributed by atoms with Crippen molar-refractivity contribution in [2.75, 3.05) is 40.5 Å². The summed E-state index contributed by atoms with van der Waals surface area (Å²) in [5, 5.41) is 4.67. The summed E-state index contributed by atoms with van der Waals surface area (Å²) in [5.41, 5.74) is 2.01. The highest BCUT2D eigenvalue weighted by Gasteiger charge is 2.27. The van der Waals surface area contributed by atoms with E-state index in [2.05, 4.69) is 16.0 Å². The van der Waals surface area contributed by atoms with Gasteiger partial charge in [-0.25, -0.2) is 0 Å². The van der Waals surface area contributed by atoms with E-state index in [0.717, 1.165) is 54.6 Å². The molecule has 1 saturated heterocycles. The Balaban J connectivity index is 1.66. The SMILES string of the molecule is CN(C)S(=O)(=O)NC[C@@H]1OCCc2cn(CC3CCOCC3)nc21. The average molecular weight is 358 g/mol. The fourth-order valence-electron chi connectivity index (χ4n) is 3.08. The number of nitrogens with zero attached hydrogens (tertiary/aromatic N) is 3. The molecule has 0 spiro atoms. The lowest BCUT2D eigenvalue weighted by molar-refractivity contribution is 0.0422. The zero-order chi connectivity index (χ0) is 17.2. The Labute approximate surface area is 143 Å². The first kappa shape index (κ1) is 17.8. The van der Waals surface area contributed by atoms with E-state index < -0.39 is 10.2 Å². The Morgan fingerprint density at radius 3 is 2.79 bits per heavy atom. The predicted octanol–water partition coefficient (Wildman–Crippen LogP) is 0.320. The Bertz CT molecular complexity index is 652. The molecule has 9 heteroatoms. The van der Waals surface area contributed by atoms with Crippen molar-refractivity contribution in [1.29, 1.82) is 0 Å². The summed E-state index contributed by atoms with van der Waals surface area (Å²) < 4.78 is 40.6. The van der Waals surface area contributed by atoms with Crippen LogP contribution in [0.15, 0.2) is 6.20 Å². The summed E-state index contributed by atoms with van der Waals surface area (Å²) >= 11 is 0. The van der Waals surface area contributed by atoms with Crippen LogP contribution in [-0.2, 0) is 32.6 Å². The third kappa shape index (κ3) is 4.15. The van der Waals surface area contributed by atoms with Crippen molar-refractivity contribution in [1.82, 2.24) is 18.8 Å². The molecule has 1 fully saturated rings. The van der Waals surface area contributed by atoms with E-state index in [9.17, 15) is 8.42 Å². The molecular weight excluding hydrogens is 332 g/mol. The molecule has 0 saturated carbocycles. The first-order chi connectivity index (χ1) is 11.5. The lowest BCUT2D eigenvalue weighted by Gasteiger charge is -2.23. The molecule has 1 N–H and O–H groups in total. The first-order valence-electron chi connectivity index (χ1n) is 8.38. The number of hydrogen-bond acceptors (Lipinski definition) is 5. The molecule has 1 aromatic rings. The van der Waals surface area contributed by atoms with Gasteiger partial charge in [0.05, 0.1) is 12.3 Å². The largest absolute Gasteiger partial charge is 0.381 e. The van der Waals surface area contributed by atoms with Crippen LogP contribution in [-0.4, -0.2) is 63.0 Å². The van der Waals surface area contributed by atoms with Gasteiger partial charge in [-0.2, -0.15) is 22.5 Å². The summed E-state index contributed by atoms with van der Waals surface area (Å²) in [4.78, 5) is 0. The molecule has 0 aliphatic carbocycles. The molecule has 0 bridgehead atoms. The molecule has 1 aromatic heterocycles. The Morgan fingerprint density at radius 2 is 2.08 bits per heavy atom. The van der Waals surface area contributed by atoms with E-state index in [4.69, 9.17) is 9.47 Å². The Morgan fingerprint density at radius 1 is 1.33 bits per heavy atom. The molecule has 136 valence electrons. The second kappa shape index (κ2) is 7.49. The van der Waals surface area contributed by atoms with E-state index in [1.807, 2.05) is 4.68 Å². The number of fused-ring (bicyclic) bond motifs is 1. The minimum Gasteiger partial charge on any atom is -0.381 e. The molecule has 2 aliphatic heterocycles. The van der Waals surface area contributed by atoms with Gasteiger partial charge in [-0.1, -0.05) is 0 Å². The third-order valence-corrected chi connectivity index (χ3v) is 6.08. The van der Waals surface area contributed by atoms with Crippen LogP contribution in [0.4, 0.5) is 0 Å². The predicted molar refractivity (Wildman–Crippen MR) is 88.8 cm³/mol. The van der Waals surface area contributed by atoms with Gasteiger partial charge in [0, 0.05) is 46.6 Å². The molecule has 24 heavy (non-hydrogen) atoms. The molecule has 0 aromatic carbocycles. The van der Waals surface area contributed by atoms with Crippen molar-refractivity contribution in [3.8, 4) is 0 Å². The van der Waals surface area contributed by atoms with Crippen LogP contribution in [0.25, 0.3) is 0 Å². The van der Waals surface area contributed by atoms with E-state index in [1.165, 1.54) is 14.1 Å². The van der Waals surface area contributed by atoms with Crippen molar-refractivity contribution < 1.29 is 17.9 Å². The minimum absolute atomic E-state index is 0.196. The average Bonchev–Trinajstić information content (AvgIpc) is 2.96. The van der Waals surface area contributed by atoms with Crippen molar-refractivity contribution in [3.05, 3.63) is 17.5 Å². The zero-order valence-corrected chi connectivity index (χ0v) is 15.1. The Hall–Kier alpha value is -1.00. The maximum absolute atomic E-state index is 11.9. The summed E-state index contributed by atoms with van der Waals surface area (Å²) in [6.07, 6.45) is 4.69. The van der Waals surface area contributed by atoms with E-state index in [0.29, 0.717) is 12.5 Å². The van der Waals surface area contributed by atoms with Crippen LogP contribution in [0.2, 0.25) is 0 Å². The highest BCUT2D eigenvalue weighted by molar-refractivity contribution is 7.87. The van der Waals surface area contributed by atoms with Gasteiger partial charge in [-0.15, -0.1) is 0 Å². The van der Waals surface area contributed by atoms with Crippen LogP contribution in [0.1, 0.15) is 30.2 Å². The lowest BCUT2D eigenvalue weighted by atomic mass is 10.0. The first-order valence-corrected chi connectivity index (χ1v) is 9.82. The summed E-state index contributed by atoms with van der Waals surface area (Å²) in [7, 11) is -0.465. The van der Waals surface area contributed by atoms with E-state index >= 15 is 0 Å². The molecule has 1 atom stereocenters. The highest BCUT2D eigenvalue weighted by atomic mass is 32.2. The number of rotatable bonds is 6. The number of ether oxygens (including phenoxy) is 2. The molecule has 8 nitrogen and oxygen atoms in total. The molecule has 0 amide bonds. The molecule has 3 heterocycles. The second-order valence-electron chi connectivity index (χ2n) is 6.56. The van der Waals surface area contributed by atoms with E-state index in [-0.39, 0.29) is 12.6 Å². The van der Waals surface area contributed by atoms with E-state index in [1.54, 1.807) is 0 Å². The van der Waals surface area contributed by atoms with Crippen molar-refractivity contribution in [2.45, 2.75) is 31.9 Å². The van der Waals surface area contributed by atoms with Crippen LogP contribution < -0.4 is 4.72 Å². The zero-order valence-electron chi connectivity index (χ0n) is 14.3. The van der Waals surface area contributed by atoms with Gasteiger partial charge < -0.3 is 9.47 Å². The number of aromatic nitrogens is 2. The maximum atomic E-state index is 11.9. The standard InChI is InChI=1S/C15H26N4O4S/c1-18(2)24(20,21)16-9-14-15-13(5-8-23-14)11-19(17-15)10-12-3-6-22-7-4-12/h11-12,14,16H,3-10H2,1-2H3/t14-/m0/s1. The Kier molecular flexibility index (Phi) is 5.56. The molecule has 3 rings (SSSR count). The van der Waals surface area contributed by atoms with Crippen molar-refractivity contribution in [2.24, 2.45) is 5.92 Å². The topological polar surface area (TPSA) is 85.7 Å². The maximum Gasteiger partial charge on any atom is 0.279 e. The summed E-state index contributed by atoms with van der Waals surface area (Å²) in [6, 6.07) is 0. The van der Waals surface area contributed by atoms with Crippen molar-refractivity contribution >= 4 is 10.2 Å². The monoisotopic (exact) mass is 358 g/mol. The molecule has 2 aliphatic rings. The van der Waals surface area contributed by atoms with Crippen LogP contribution in [0.5, 0.6) is 0 Å². The number of hydrogen-bond donors (Lipinski definition) is 1. The summed E-state index contributed by atoms with van der Waals surface area (Å²) in [6.45, 7) is 3.31. The molecule has 0 unspecified atom stereocenters. The second-order valence-corrected chi connectivity index (χ2v) is 8.53. The van der Waals surface area contributed by atoms with Gasteiger partial charge in [-0.3, -0.25) is 4.68 Å². The van der Waals surface area contributed by atoms with Gasteiger partial charge in [-0.05, 0) is 30.7 Å². The van der Waals surface area contributed by atoms with Crippen LogP contribution in [0, 0.1) is 5.92 Å². The summed E-state index contributed by atoms with van der Waals surface area (Å²) in [5.74, 6) is 0.590. The van der Waals surface area contributed by atoms with Gasteiger partial charge in [0.25, 0.3) is 10.2 Å². The quantitative estimate of drug-likeness (QED) is 0.791. The normalized spacial score (nSPS) is 22.7. The van der Waals surface area contributed by atoms with Gasteiger partial charge in [0.2, 0.25) is 0 Å². The van der Waals surface area contributed by atoms with Gasteiger partial charge in [0.1, 0.15) is 6.10 Å².